The molecule has 1 heterocycles. The zero-order valence-corrected chi connectivity index (χ0v) is 16.2. The van der Waals surface area contributed by atoms with Crippen molar-refractivity contribution in [3.8, 4) is 22.8 Å². The standard InChI is InChI=1S/C22H21N3O4/c1-15(26)17-8-9-20(21(10-17)28-2)29-13-22(27)23-12-18-11-19(25-14-24-18)16-6-4-3-5-7-16/h3-11,14H,12-13H2,1-2H3,(H,23,27). The third kappa shape index (κ3) is 5.38. The van der Waals surface area contributed by atoms with Gasteiger partial charge in [-0.25, -0.2) is 9.97 Å². The Balaban J connectivity index is 1.56. The molecule has 1 amide bonds. The third-order valence-corrected chi connectivity index (χ3v) is 4.19. The number of benzene rings is 2. The Morgan fingerprint density at radius 1 is 1.00 bits per heavy atom. The molecule has 0 aliphatic rings. The van der Waals surface area contributed by atoms with E-state index in [0.29, 0.717) is 22.8 Å². The number of ether oxygens (including phenoxy) is 2. The molecule has 7 nitrogen and oxygen atoms in total. The zero-order chi connectivity index (χ0) is 20.6. The number of carbonyl (C=O) groups excluding carboxylic acids is 2. The van der Waals surface area contributed by atoms with Gasteiger partial charge >= 0.3 is 0 Å². The molecule has 0 saturated heterocycles. The first-order valence-electron chi connectivity index (χ1n) is 9.01. The molecule has 3 rings (SSSR count). The van der Waals surface area contributed by atoms with Crippen LogP contribution in [-0.2, 0) is 11.3 Å². The average molecular weight is 391 g/mol. The number of nitrogens with zero attached hydrogens (tertiary/aromatic N) is 2. The summed E-state index contributed by atoms with van der Waals surface area (Å²) in [6, 6.07) is 16.4. The molecular weight excluding hydrogens is 370 g/mol. The van der Waals surface area contributed by atoms with Crippen molar-refractivity contribution in [2.24, 2.45) is 0 Å². The van der Waals surface area contributed by atoms with Crippen LogP contribution in [0, 0.1) is 0 Å². The number of carbonyl (C=O) groups is 2. The Hall–Kier alpha value is -3.74. The van der Waals surface area contributed by atoms with Crippen molar-refractivity contribution < 1.29 is 19.1 Å². The van der Waals surface area contributed by atoms with Gasteiger partial charge in [-0.15, -0.1) is 0 Å². The summed E-state index contributed by atoms with van der Waals surface area (Å²) < 4.78 is 10.8. The molecule has 0 unspecified atom stereocenters. The lowest BCUT2D eigenvalue weighted by Gasteiger charge is -2.12. The van der Waals surface area contributed by atoms with E-state index in [-0.39, 0.29) is 24.8 Å². The van der Waals surface area contributed by atoms with E-state index in [9.17, 15) is 9.59 Å². The normalized spacial score (nSPS) is 10.3. The van der Waals surface area contributed by atoms with Gasteiger partial charge < -0.3 is 14.8 Å². The number of rotatable bonds is 8. The van der Waals surface area contributed by atoms with Crippen LogP contribution in [0.3, 0.4) is 0 Å². The fourth-order valence-electron chi connectivity index (χ4n) is 2.65. The summed E-state index contributed by atoms with van der Waals surface area (Å²) in [6.07, 6.45) is 1.47. The van der Waals surface area contributed by atoms with Crippen molar-refractivity contribution in [2.75, 3.05) is 13.7 Å². The number of nitrogens with one attached hydrogen (secondary N) is 1. The van der Waals surface area contributed by atoms with Gasteiger partial charge in [-0.3, -0.25) is 9.59 Å². The maximum Gasteiger partial charge on any atom is 0.258 e. The SMILES string of the molecule is COc1cc(C(C)=O)ccc1OCC(=O)NCc1cc(-c2ccccc2)ncn1. The lowest BCUT2D eigenvalue weighted by Crippen LogP contribution is -2.28. The fourth-order valence-corrected chi connectivity index (χ4v) is 2.65. The van der Waals surface area contributed by atoms with E-state index in [1.807, 2.05) is 36.4 Å². The van der Waals surface area contributed by atoms with Gasteiger partial charge in [0.15, 0.2) is 23.9 Å². The molecule has 2 aromatic carbocycles. The van der Waals surface area contributed by atoms with Gasteiger partial charge in [-0.1, -0.05) is 30.3 Å². The molecule has 148 valence electrons. The van der Waals surface area contributed by atoms with Crippen LogP contribution in [0.5, 0.6) is 11.5 Å². The molecule has 1 N–H and O–H groups in total. The van der Waals surface area contributed by atoms with Crippen molar-refractivity contribution in [1.29, 1.82) is 0 Å². The van der Waals surface area contributed by atoms with Crippen LogP contribution in [0.2, 0.25) is 0 Å². The highest BCUT2D eigenvalue weighted by atomic mass is 16.5. The second-order valence-electron chi connectivity index (χ2n) is 6.25. The Bertz CT molecular complexity index is 1010. The maximum absolute atomic E-state index is 12.1. The first kappa shape index (κ1) is 20.0. The molecule has 0 spiro atoms. The molecule has 3 aromatic rings. The highest BCUT2D eigenvalue weighted by Gasteiger charge is 2.11. The summed E-state index contributed by atoms with van der Waals surface area (Å²) in [5.74, 6) is 0.407. The quantitative estimate of drug-likeness (QED) is 0.594. The smallest absolute Gasteiger partial charge is 0.258 e. The average Bonchev–Trinajstić information content (AvgIpc) is 2.76. The molecule has 0 aliphatic heterocycles. The minimum absolute atomic E-state index is 0.0766. The summed E-state index contributed by atoms with van der Waals surface area (Å²) in [7, 11) is 1.48. The second-order valence-corrected chi connectivity index (χ2v) is 6.25. The summed E-state index contributed by atoms with van der Waals surface area (Å²) in [4.78, 5) is 32.1. The second kappa shape index (κ2) is 9.45. The first-order valence-corrected chi connectivity index (χ1v) is 9.01. The largest absolute Gasteiger partial charge is 0.493 e. The van der Waals surface area contributed by atoms with Gasteiger partial charge in [-0.2, -0.15) is 0 Å². The van der Waals surface area contributed by atoms with Crippen LogP contribution in [0.4, 0.5) is 0 Å². The Morgan fingerprint density at radius 3 is 2.52 bits per heavy atom. The minimum Gasteiger partial charge on any atom is -0.493 e. The first-order chi connectivity index (χ1) is 14.1. The van der Waals surface area contributed by atoms with E-state index >= 15 is 0 Å². The number of aromatic nitrogens is 2. The summed E-state index contributed by atoms with van der Waals surface area (Å²) in [5.41, 5.74) is 2.97. The number of ketones is 1. The van der Waals surface area contributed by atoms with Gasteiger partial charge in [0.1, 0.15) is 6.33 Å². The predicted octanol–water partition coefficient (Wildman–Crippen LogP) is 3.05. The molecule has 0 aliphatic carbocycles. The molecule has 0 atom stereocenters. The number of methoxy groups -OCH3 is 1. The fraction of sp³-hybridized carbons (Fsp3) is 0.182. The lowest BCUT2D eigenvalue weighted by molar-refractivity contribution is -0.123. The summed E-state index contributed by atoms with van der Waals surface area (Å²) >= 11 is 0. The van der Waals surface area contributed by atoms with Gasteiger partial charge in [0, 0.05) is 11.1 Å². The third-order valence-electron chi connectivity index (χ3n) is 4.19. The monoisotopic (exact) mass is 391 g/mol. The summed E-state index contributed by atoms with van der Waals surface area (Å²) in [6.45, 7) is 1.54. The van der Waals surface area contributed by atoms with E-state index < -0.39 is 0 Å². The van der Waals surface area contributed by atoms with Gasteiger partial charge in [0.25, 0.3) is 5.91 Å². The highest BCUT2D eigenvalue weighted by molar-refractivity contribution is 5.94. The zero-order valence-electron chi connectivity index (χ0n) is 16.2. The lowest BCUT2D eigenvalue weighted by atomic mass is 10.1. The van der Waals surface area contributed by atoms with Crippen LogP contribution < -0.4 is 14.8 Å². The molecule has 7 heteroatoms. The van der Waals surface area contributed by atoms with E-state index in [1.54, 1.807) is 18.2 Å². The van der Waals surface area contributed by atoms with Gasteiger partial charge in [-0.05, 0) is 31.2 Å². The number of Topliss-reactive ketones (excluding diaryl/α,β-unsaturated/α-hetero) is 1. The van der Waals surface area contributed by atoms with Crippen molar-refractivity contribution in [2.45, 2.75) is 13.5 Å². The van der Waals surface area contributed by atoms with Crippen molar-refractivity contribution in [3.63, 3.8) is 0 Å². The van der Waals surface area contributed by atoms with E-state index in [0.717, 1.165) is 11.3 Å². The Morgan fingerprint density at radius 2 is 1.79 bits per heavy atom. The van der Waals surface area contributed by atoms with E-state index in [4.69, 9.17) is 9.47 Å². The van der Waals surface area contributed by atoms with Crippen LogP contribution in [0.25, 0.3) is 11.3 Å². The number of amides is 1. The van der Waals surface area contributed by atoms with E-state index in [1.165, 1.54) is 20.4 Å². The van der Waals surface area contributed by atoms with Crippen LogP contribution in [-0.4, -0.2) is 35.4 Å². The minimum atomic E-state index is -0.303. The molecule has 0 bridgehead atoms. The topological polar surface area (TPSA) is 90.4 Å². The molecule has 1 aromatic heterocycles. The number of hydrogen-bond acceptors (Lipinski definition) is 6. The van der Waals surface area contributed by atoms with Crippen LogP contribution in [0.1, 0.15) is 23.0 Å². The molecule has 0 radical (unpaired) electrons. The van der Waals surface area contributed by atoms with Crippen molar-refractivity contribution in [1.82, 2.24) is 15.3 Å². The molecule has 29 heavy (non-hydrogen) atoms. The van der Waals surface area contributed by atoms with Crippen LogP contribution in [0.15, 0.2) is 60.9 Å². The van der Waals surface area contributed by atoms with Crippen LogP contribution >= 0.6 is 0 Å². The predicted molar refractivity (Wildman–Crippen MR) is 108 cm³/mol. The summed E-state index contributed by atoms with van der Waals surface area (Å²) in [5, 5.41) is 2.77. The van der Waals surface area contributed by atoms with E-state index in [2.05, 4.69) is 15.3 Å². The van der Waals surface area contributed by atoms with Gasteiger partial charge in [0.05, 0.1) is 25.0 Å². The van der Waals surface area contributed by atoms with Crippen molar-refractivity contribution >= 4 is 11.7 Å². The number of hydrogen-bond donors (Lipinski definition) is 1. The maximum atomic E-state index is 12.1. The van der Waals surface area contributed by atoms with Gasteiger partial charge in [0.2, 0.25) is 0 Å². The van der Waals surface area contributed by atoms with Crippen molar-refractivity contribution in [3.05, 3.63) is 72.2 Å². The molecular formula is C22H21N3O4. The molecule has 0 fully saturated rings. The molecule has 0 saturated carbocycles. The highest BCUT2D eigenvalue weighted by Crippen LogP contribution is 2.28. The Labute approximate surface area is 168 Å². The Kier molecular flexibility index (Phi) is 6.52.